The van der Waals surface area contributed by atoms with Crippen LogP contribution in [-0.4, -0.2) is 49.1 Å². The Labute approximate surface area is 92.8 Å². The van der Waals surface area contributed by atoms with Crippen molar-refractivity contribution in [2.45, 2.75) is 38.3 Å². The average molecular weight is 216 g/mol. The minimum Gasteiger partial charge on any atom is -0.310 e. The molecule has 0 aromatic heterocycles. The number of hydrogen-bond acceptors (Lipinski definition) is 3. The number of likely N-dealkylation sites (N-methyl/N-ethyl adjacent to an activating group) is 1. The first-order valence-corrected chi connectivity index (χ1v) is 7.05. The molecule has 0 aromatic carbocycles. The van der Waals surface area contributed by atoms with Gasteiger partial charge < -0.3 is 10.2 Å². The molecule has 1 N–H and O–H groups in total. The minimum absolute atomic E-state index is 0.680. The molecule has 2 atom stereocenters. The van der Waals surface area contributed by atoms with Gasteiger partial charge in [-0.15, -0.1) is 0 Å². The molecular formula is C11H24N2S. The van der Waals surface area contributed by atoms with Crippen LogP contribution in [0.4, 0.5) is 0 Å². The molecule has 1 fully saturated rings. The Morgan fingerprint density at radius 1 is 1.57 bits per heavy atom. The number of rotatable bonds is 5. The Morgan fingerprint density at radius 2 is 2.36 bits per heavy atom. The first kappa shape index (κ1) is 12.3. The first-order valence-electron chi connectivity index (χ1n) is 5.66. The van der Waals surface area contributed by atoms with Crippen molar-refractivity contribution in [2.24, 2.45) is 0 Å². The molecule has 84 valence electrons. The summed E-state index contributed by atoms with van der Waals surface area (Å²) >= 11 is 1.94. The van der Waals surface area contributed by atoms with Crippen molar-refractivity contribution in [1.29, 1.82) is 0 Å². The van der Waals surface area contributed by atoms with Gasteiger partial charge in [0.05, 0.1) is 0 Å². The molecule has 1 rings (SSSR count). The van der Waals surface area contributed by atoms with Crippen molar-refractivity contribution in [1.82, 2.24) is 10.2 Å². The van der Waals surface area contributed by atoms with Gasteiger partial charge in [0.1, 0.15) is 0 Å². The van der Waals surface area contributed by atoms with Gasteiger partial charge in [-0.05, 0) is 51.8 Å². The van der Waals surface area contributed by atoms with Crippen LogP contribution in [-0.2, 0) is 0 Å². The molecule has 1 aliphatic heterocycles. The van der Waals surface area contributed by atoms with E-state index in [4.69, 9.17) is 0 Å². The SMILES string of the molecule is CSCCC(C)NC1CCCN(C)C1. The summed E-state index contributed by atoms with van der Waals surface area (Å²) in [4.78, 5) is 2.43. The van der Waals surface area contributed by atoms with Gasteiger partial charge in [0.2, 0.25) is 0 Å². The summed E-state index contributed by atoms with van der Waals surface area (Å²) in [5.41, 5.74) is 0. The van der Waals surface area contributed by atoms with Gasteiger partial charge in [0.25, 0.3) is 0 Å². The minimum atomic E-state index is 0.680. The molecule has 1 aliphatic rings. The van der Waals surface area contributed by atoms with E-state index in [0.29, 0.717) is 6.04 Å². The van der Waals surface area contributed by atoms with Crippen LogP contribution in [0.15, 0.2) is 0 Å². The number of hydrogen-bond donors (Lipinski definition) is 1. The van der Waals surface area contributed by atoms with E-state index in [1.165, 1.54) is 38.1 Å². The van der Waals surface area contributed by atoms with Crippen LogP contribution in [0.1, 0.15) is 26.2 Å². The van der Waals surface area contributed by atoms with Crippen molar-refractivity contribution in [3.8, 4) is 0 Å². The van der Waals surface area contributed by atoms with E-state index in [1.54, 1.807) is 0 Å². The highest BCUT2D eigenvalue weighted by molar-refractivity contribution is 7.98. The molecule has 1 saturated heterocycles. The molecule has 14 heavy (non-hydrogen) atoms. The number of thioether (sulfide) groups is 1. The zero-order valence-corrected chi connectivity index (χ0v) is 10.6. The van der Waals surface area contributed by atoms with Gasteiger partial charge in [-0.3, -0.25) is 0 Å². The Bertz CT molecular complexity index is 152. The summed E-state index contributed by atoms with van der Waals surface area (Å²) in [6, 6.07) is 1.41. The second kappa shape index (κ2) is 6.70. The van der Waals surface area contributed by atoms with Gasteiger partial charge in [0, 0.05) is 18.6 Å². The van der Waals surface area contributed by atoms with Crippen LogP contribution in [0.3, 0.4) is 0 Å². The molecule has 0 radical (unpaired) electrons. The highest BCUT2D eigenvalue weighted by atomic mass is 32.2. The fraction of sp³-hybridized carbons (Fsp3) is 1.00. The van der Waals surface area contributed by atoms with Gasteiger partial charge in [-0.25, -0.2) is 0 Å². The van der Waals surface area contributed by atoms with Crippen LogP contribution >= 0.6 is 11.8 Å². The quantitative estimate of drug-likeness (QED) is 0.754. The molecule has 0 amide bonds. The lowest BCUT2D eigenvalue weighted by Crippen LogP contribution is -2.47. The molecular weight excluding hydrogens is 192 g/mol. The van der Waals surface area contributed by atoms with Gasteiger partial charge in [-0.2, -0.15) is 11.8 Å². The third-order valence-corrected chi connectivity index (χ3v) is 3.54. The normalized spacial score (nSPS) is 26.4. The largest absolute Gasteiger partial charge is 0.310 e. The van der Waals surface area contributed by atoms with Crippen LogP contribution < -0.4 is 5.32 Å². The van der Waals surface area contributed by atoms with Crippen molar-refractivity contribution in [3.63, 3.8) is 0 Å². The van der Waals surface area contributed by atoms with Crippen molar-refractivity contribution < 1.29 is 0 Å². The van der Waals surface area contributed by atoms with Gasteiger partial charge >= 0.3 is 0 Å². The Balaban J connectivity index is 2.15. The van der Waals surface area contributed by atoms with Crippen LogP contribution in [0.5, 0.6) is 0 Å². The third kappa shape index (κ3) is 4.67. The standard InChI is InChI=1S/C11H24N2S/c1-10(6-8-14-3)12-11-5-4-7-13(2)9-11/h10-12H,4-9H2,1-3H3. The zero-order valence-electron chi connectivity index (χ0n) is 9.75. The van der Waals surface area contributed by atoms with E-state index >= 15 is 0 Å². The molecule has 0 aromatic rings. The second-order valence-electron chi connectivity index (χ2n) is 4.45. The molecule has 2 nitrogen and oxygen atoms in total. The molecule has 0 saturated carbocycles. The third-order valence-electron chi connectivity index (χ3n) is 2.90. The van der Waals surface area contributed by atoms with Crippen molar-refractivity contribution >= 4 is 11.8 Å². The van der Waals surface area contributed by atoms with E-state index in [-0.39, 0.29) is 0 Å². The van der Waals surface area contributed by atoms with Crippen LogP contribution in [0.25, 0.3) is 0 Å². The summed E-state index contributed by atoms with van der Waals surface area (Å²) in [6.45, 7) is 4.81. The predicted molar refractivity (Wildman–Crippen MR) is 66.1 cm³/mol. The number of likely N-dealkylation sites (tertiary alicyclic amines) is 1. The lowest BCUT2D eigenvalue weighted by atomic mass is 10.1. The molecule has 0 spiro atoms. The number of nitrogens with zero attached hydrogens (tertiary/aromatic N) is 1. The van der Waals surface area contributed by atoms with Crippen LogP contribution in [0.2, 0.25) is 0 Å². The zero-order chi connectivity index (χ0) is 10.4. The molecule has 3 heteroatoms. The smallest absolute Gasteiger partial charge is 0.0197 e. The summed E-state index contributed by atoms with van der Waals surface area (Å²) in [5, 5.41) is 3.73. The predicted octanol–water partition coefficient (Wildman–Crippen LogP) is 1.81. The fourth-order valence-corrected chi connectivity index (χ4v) is 2.67. The summed E-state index contributed by atoms with van der Waals surface area (Å²) in [5.74, 6) is 1.27. The van der Waals surface area contributed by atoms with Crippen molar-refractivity contribution in [2.75, 3.05) is 32.1 Å². The van der Waals surface area contributed by atoms with E-state index in [9.17, 15) is 0 Å². The van der Waals surface area contributed by atoms with E-state index in [0.717, 1.165) is 6.04 Å². The fourth-order valence-electron chi connectivity index (χ4n) is 2.08. The molecule has 0 bridgehead atoms. The highest BCUT2D eigenvalue weighted by Crippen LogP contribution is 2.10. The molecule has 2 unspecified atom stereocenters. The second-order valence-corrected chi connectivity index (χ2v) is 5.44. The van der Waals surface area contributed by atoms with Crippen molar-refractivity contribution in [3.05, 3.63) is 0 Å². The van der Waals surface area contributed by atoms with Gasteiger partial charge in [0.15, 0.2) is 0 Å². The van der Waals surface area contributed by atoms with E-state index in [1.807, 2.05) is 11.8 Å². The maximum absolute atomic E-state index is 3.73. The lowest BCUT2D eigenvalue weighted by Gasteiger charge is -2.32. The summed E-state index contributed by atoms with van der Waals surface area (Å²) in [6.07, 6.45) is 6.18. The maximum atomic E-state index is 3.73. The maximum Gasteiger partial charge on any atom is 0.0197 e. The molecule has 0 aliphatic carbocycles. The Hall–Kier alpha value is 0.270. The first-order chi connectivity index (χ1) is 6.72. The topological polar surface area (TPSA) is 15.3 Å². The van der Waals surface area contributed by atoms with E-state index < -0.39 is 0 Å². The summed E-state index contributed by atoms with van der Waals surface area (Å²) < 4.78 is 0. The lowest BCUT2D eigenvalue weighted by molar-refractivity contribution is 0.217. The number of nitrogens with one attached hydrogen (secondary N) is 1. The Kier molecular flexibility index (Phi) is 5.90. The van der Waals surface area contributed by atoms with Gasteiger partial charge in [-0.1, -0.05) is 0 Å². The van der Waals surface area contributed by atoms with E-state index in [2.05, 4.69) is 30.4 Å². The average Bonchev–Trinajstić information content (AvgIpc) is 2.15. The molecule has 1 heterocycles. The highest BCUT2D eigenvalue weighted by Gasteiger charge is 2.17. The monoisotopic (exact) mass is 216 g/mol. The number of piperidine rings is 1. The summed E-state index contributed by atoms with van der Waals surface area (Å²) in [7, 11) is 2.22. The van der Waals surface area contributed by atoms with Crippen LogP contribution in [0, 0.1) is 0 Å². The Morgan fingerprint density at radius 3 is 3.00 bits per heavy atom.